The van der Waals surface area contributed by atoms with E-state index in [1.807, 2.05) is 28.9 Å². The molecule has 5 aromatic rings. The minimum absolute atomic E-state index is 0.0247. The van der Waals surface area contributed by atoms with Crippen molar-refractivity contribution in [1.82, 2.24) is 44.7 Å². The molecule has 2 aromatic carbocycles. The number of nitrogen functional groups attached to an aromatic ring is 1. The average Bonchev–Trinajstić information content (AvgIpc) is 3.67. The van der Waals surface area contributed by atoms with E-state index < -0.39 is 11.7 Å². The van der Waals surface area contributed by atoms with Crippen molar-refractivity contribution in [3.8, 4) is 17.0 Å². The highest BCUT2D eigenvalue weighted by molar-refractivity contribution is 5.98. The highest BCUT2D eigenvalue weighted by Crippen LogP contribution is 2.36. The maximum absolute atomic E-state index is 13.8. The summed E-state index contributed by atoms with van der Waals surface area (Å²) >= 11 is 0. The molecule has 1 aliphatic carbocycles. The molecule has 3 aromatic heterocycles. The molecule has 3 N–H and O–H groups in total. The summed E-state index contributed by atoms with van der Waals surface area (Å²) in [4.78, 5) is 40.2. The number of aromatic nitrogens is 7. The Balaban J connectivity index is 1.24. The molecule has 14 heteroatoms. The van der Waals surface area contributed by atoms with E-state index in [9.17, 15) is 14.0 Å². The largest absolute Gasteiger partial charge is 0.496 e. The summed E-state index contributed by atoms with van der Waals surface area (Å²) in [7, 11) is 3.22. The molecule has 2 amide bonds. The highest BCUT2D eigenvalue weighted by Gasteiger charge is 2.30. The van der Waals surface area contributed by atoms with Crippen molar-refractivity contribution >= 4 is 28.8 Å². The van der Waals surface area contributed by atoms with Crippen LogP contribution in [0.5, 0.6) is 5.75 Å². The number of anilines is 1. The Morgan fingerprint density at radius 3 is 2.67 bits per heavy atom. The third-order valence-corrected chi connectivity index (χ3v) is 8.28. The Hall–Kier alpha value is -5.40. The van der Waals surface area contributed by atoms with Crippen LogP contribution in [0.25, 0.3) is 22.3 Å². The number of hydrogen-bond donors (Lipinski definition) is 2. The number of nitrogens with zero attached hydrogens (tertiary/aromatic N) is 8. The van der Waals surface area contributed by atoms with E-state index in [1.54, 1.807) is 11.9 Å². The monoisotopic (exact) mass is 612 g/mol. The molecule has 0 saturated heterocycles. The molecule has 13 nitrogen and oxygen atoms in total. The van der Waals surface area contributed by atoms with Crippen molar-refractivity contribution in [3.63, 3.8) is 0 Å². The number of hydrogen-bond acceptors (Lipinski definition) is 9. The van der Waals surface area contributed by atoms with Gasteiger partial charge in [-0.2, -0.15) is 14.9 Å². The van der Waals surface area contributed by atoms with Crippen molar-refractivity contribution in [2.24, 2.45) is 0 Å². The SMILES string of the molecule is COc1ccc(F)cc1C(=O)NCc1ccc(-c2nn(C3CCCCC(N(C)C(=O)n4cncn4)C3)c3ncnc(N)c23)cc1. The molecule has 0 bridgehead atoms. The third-order valence-electron chi connectivity index (χ3n) is 8.28. The Kier molecular flexibility index (Phi) is 8.36. The van der Waals surface area contributed by atoms with Gasteiger partial charge in [0, 0.05) is 25.2 Å². The molecule has 2 unspecified atom stereocenters. The molecule has 6 rings (SSSR count). The fraction of sp³-hybridized carbons (Fsp3) is 0.323. The zero-order valence-electron chi connectivity index (χ0n) is 24.9. The lowest BCUT2D eigenvalue weighted by atomic mass is 10.0. The number of nitrogens with two attached hydrogens (primary N) is 1. The van der Waals surface area contributed by atoms with Gasteiger partial charge in [0.15, 0.2) is 5.65 Å². The lowest BCUT2D eigenvalue weighted by molar-refractivity contribution is 0.0947. The number of fused-ring (bicyclic) bond motifs is 1. The van der Waals surface area contributed by atoms with E-state index in [1.165, 1.54) is 42.9 Å². The highest BCUT2D eigenvalue weighted by atomic mass is 19.1. The fourth-order valence-electron chi connectivity index (χ4n) is 5.88. The normalized spacial score (nSPS) is 16.7. The molecular weight excluding hydrogens is 579 g/mol. The quantitative estimate of drug-likeness (QED) is 0.257. The molecular formula is C31H33FN10O3. The zero-order chi connectivity index (χ0) is 31.5. The van der Waals surface area contributed by atoms with Crippen LogP contribution in [0.4, 0.5) is 15.0 Å². The summed E-state index contributed by atoms with van der Waals surface area (Å²) in [5.74, 6) is -0.349. The van der Waals surface area contributed by atoms with Gasteiger partial charge in [-0.3, -0.25) is 4.79 Å². The van der Waals surface area contributed by atoms with Crippen LogP contribution in [0.2, 0.25) is 0 Å². The Morgan fingerprint density at radius 1 is 1.11 bits per heavy atom. The van der Waals surface area contributed by atoms with E-state index >= 15 is 0 Å². The summed E-state index contributed by atoms with van der Waals surface area (Å²) in [5, 5.41) is 12.5. The van der Waals surface area contributed by atoms with Gasteiger partial charge in [-0.25, -0.2) is 28.8 Å². The number of ether oxygens (including phenoxy) is 1. The number of benzene rings is 2. The van der Waals surface area contributed by atoms with Crippen LogP contribution in [0.3, 0.4) is 0 Å². The fourth-order valence-corrected chi connectivity index (χ4v) is 5.88. The van der Waals surface area contributed by atoms with Gasteiger partial charge in [0.2, 0.25) is 0 Å². The van der Waals surface area contributed by atoms with Crippen LogP contribution in [-0.4, -0.2) is 71.6 Å². The summed E-state index contributed by atoms with van der Waals surface area (Å²) in [6.45, 7) is 0.226. The molecule has 1 aliphatic rings. The summed E-state index contributed by atoms with van der Waals surface area (Å²) < 4.78 is 22.1. The van der Waals surface area contributed by atoms with Crippen LogP contribution in [0.1, 0.15) is 54.1 Å². The minimum atomic E-state index is -0.521. The molecule has 232 valence electrons. The number of amides is 2. The second-order valence-electron chi connectivity index (χ2n) is 11.0. The third kappa shape index (κ3) is 6.03. The molecule has 2 atom stereocenters. The second-order valence-corrected chi connectivity index (χ2v) is 11.0. The van der Waals surface area contributed by atoms with Gasteiger partial charge in [-0.05, 0) is 43.0 Å². The second kappa shape index (κ2) is 12.7. The lowest BCUT2D eigenvalue weighted by Crippen LogP contribution is -2.40. The number of nitrogens with one attached hydrogen (secondary N) is 1. The van der Waals surface area contributed by atoms with Gasteiger partial charge in [-0.1, -0.05) is 37.1 Å². The zero-order valence-corrected chi connectivity index (χ0v) is 24.9. The van der Waals surface area contributed by atoms with Gasteiger partial charge < -0.3 is 20.7 Å². The predicted molar refractivity (Wildman–Crippen MR) is 164 cm³/mol. The molecule has 0 aliphatic heterocycles. The predicted octanol–water partition coefficient (Wildman–Crippen LogP) is 4.22. The van der Waals surface area contributed by atoms with Crippen molar-refractivity contribution < 1.29 is 18.7 Å². The van der Waals surface area contributed by atoms with Gasteiger partial charge >= 0.3 is 6.03 Å². The molecule has 0 radical (unpaired) electrons. The maximum atomic E-state index is 13.8. The van der Waals surface area contributed by atoms with E-state index in [0.717, 1.165) is 42.9 Å². The van der Waals surface area contributed by atoms with E-state index in [-0.39, 0.29) is 30.2 Å². The molecule has 3 heterocycles. The molecule has 1 fully saturated rings. The van der Waals surface area contributed by atoms with Crippen molar-refractivity contribution in [2.45, 2.75) is 50.7 Å². The number of halogens is 1. The summed E-state index contributed by atoms with van der Waals surface area (Å²) in [6, 6.07) is 11.1. The first kappa shape index (κ1) is 29.7. The van der Waals surface area contributed by atoms with Crippen LogP contribution in [0, 0.1) is 5.82 Å². The Morgan fingerprint density at radius 2 is 1.91 bits per heavy atom. The van der Waals surface area contributed by atoms with Crippen molar-refractivity contribution in [1.29, 1.82) is 0 Å². The molecule has 45 heavy (non-hydrogen) atoms. The van der Waals surface area contributed by atoms with Gasteiger partial charge in [0.05, 0.1) is 24.1 Å². The molecule has 1 saturated carbocycles. The number of methoxy groups -OCH3 is 1. The van der Waals surface area contributed by atoms with Crippen LogP contribution >= 0.6 is 0 Å². The standard InChI is InChI=1S/C31H33FN10O3/c1-40(31(44)41-18-34-16-38-41)22-5-3-4-6-23(14-22)42-29-26(28(33)36-17-37-29)27(39-42)20-9-7-19(8-10-20)15-35-30(43)24-13-21(32)11-12-25(24)45-2/h7-13,16-18,22-23H,3-6,14-15H2,1-2H3,(H,35,43)(H2,33,36,37). The number of carbonyl (C=O) groups excluding carboxylic acids is 2. The van der Waals surface area contributed by atoms with Gasteiger partial charge in [0.1, 0.15) is 42.1 Å². The van der Waals surface area contributed by atoms with Crippen LogP contribution in [-0.2, 0) is 6.54 Å². The van der Waals surface area contributed by atoms with Crippen molar-refractivity contribution in [2.75, 3.05) is 19.9 Å². The summed E-state index contributed by atoms with van der Waals surface area (Å²) in [5.41, 5.74) is 9.43. The number of carbonyl (C=O) groups is 2. The van der Waals surface area contributed by atoms with Crippen LogP contribution in [0.15, 0.2) is 61.4 Å². The number of rotatable bonds is 7. The van der Waals surface area contributed by atoms with Crippen LogP contribution < -0.4 is 15.8 Å². The van der Waals surface area contributed by atoms with Gasteiger partial charge in [0.25, 0.3) is 5.91 Å². The smallest absolute Gasteiger partial charge is 0.346 e. The van der Waals surface area contributed by atoms with E-state index in [4.69, 9.17) is 15.6 Å². The van der Waals surface area contributed by atoms with E-state index in [2.05, 4.69) is 25.4 Å². The first-order valence-corrected chi connectivity index (χ1v) is 14.7. The Bertz CT molecular complexity index is 1820. The topological polar surface area (TPSA) is 159 Å². The molecule has 0 spiro atoms. The lowest BCUT2D eigenvalue weighted by Gasteiger charge is -2.29. The van der Waals surface area contributed by atoms with Crippen molar-refractivity contribution in [3.05, 3.63) is 78.4 Å². The first-order valence-electron chi connectivity index (χ1n) is 14.7. The Labute approximate surface area is 258 Å². The van der Waals surface area contributed by atoms with E-state index in [0.29, 0.717) is 34.7 Å². The average molecular weight is 613 g/mol. The van der Waals surface area contributed by atoms with Gasteiger partial charge in [-0.15, -0.1) is 0 Å². The minimum Gasteiger partial charge on any atom is -0.496 e. The maximum Gasteiger partial charge on any atom is 0.346 e. The first-order chi connectivity index (χ1) is 21.8. The summed E-state index contributed by atoms with van der Waals surface area (Å²) in [6.07, 6.45) is 8.56.